The third-order valence-corrected chi connectivity index (χ3v) is 3.18. The zero-order valence-electron chi connectivity index (χ0n) is 10.2. The van der Waals surface area contributed by atoms with Crippen molar-refractivity contribution < 1.29 is 9.18 Å². The van der Waals surface area contributed by atoms with E-state index in [1.807, 2.05) is 24.5 Å². The number of rotatable bonds is 3. The number of hydrogen-bond acceptors (Lipinski definition) is 4. The average molecular weight is 277 g/mol. The molecule has 0 aliphatic carbocycles. The molecule has 2 aromatic rings. The van der Waals surface area contributed by atoms with Crippen molar-refractivity contribution in [3.8, 4) is 0 Å². The van der Waals surface area contributed by atoms with Gasteiger partial charge in [0.05, 0.1) is 11.8 Å². The number of pyridine rings is 1. The maximum Gasteiger partial charge on any atom is 0.259 e. The molecule has 3 N–H and O–H groups in total. The highest BCUT2D eigenvalue weighted by atomic mass is 32.2. The molecule has 1 heterocycles. The van der Waals surface area contributed by atoms with Crippen LogP contribution in [0.3, 0.4) is 0 Å². The minimum absolute atomic E-state index is 0.0000730. The maximum absolute atomic E-state index is 13.1. The third-order valence-electron chi connectivity index (χ3n) is 2.46. The lowest BCUT2D eigenvalue weighted by Crippen LogP contribution is -2.15. The largest absolute Gasteiger partial charge is 0.383 e. The molecule has 4 nitrogen and oxygen atoms in total. The molecule has 0 spiro atoms. The fraction of sp³-hybridized carbons (Fsp3) is 0.0769. The van der Waals surface area contributed by atoms with E-state index in [-0.39, 0.29) is 11.4 Å². The van der Waals surface area contributed by atoms with Crippen LogP contribution in [0.25, 0.3) is 0 Å². The van der Waals surface area contributed by atoms with E-state index in [1.165, 1.54) is 0 Å². The van der Waals surface area contributed by atoms with E-state index in [2.05, 4.69) is 10.3 Å². The SMILES string of the molecule is CSc1cccc(NC(=O)c2cc(F)cnc2N)c1. The van der Waals surface area contributed by atoms with Gasteiger partial charge in [0.15, 0.2) is 0 Å². The van der Waals surface area contributed by atoms with E-state index in [1.54, 1.807) is 17.8 Å². The van der Waals surface area contributed by atoms with Gasteiger partial charge in [-0.1, -0.05) is 6.07 Å². The summed E-state index contributed by atoms with van der Waals surface area (Å²) in [6.45, 7) is 0. The molecule has 0 saturated carbocycles. The lowest BCUT2D eigenvalue weighted by molar-refractivity contribution is 0.102. The van der Waals surface area contributed by atoms with Gasteiger partial charge in [-0.25, -0.2) is 9.37 Å². The smallest absolute Gasteiger partial charge is 0.259 e. The third kappa shape index (κ3) is 3.23. The van der Waals surface area contributed by atoms with E-state index in [9.17, 15) is 9.18 Å². The second-order valence-corrected chi connectivity index (χ2v) is 4.65. The van der Waals surface area contributed by atoms with Crippen LogP contribution >= 0.6 is 11.8 Å². The Morgan fingerprint density at radius 3 is 2.95 bits per heavy atom. The van der Waals surface area contributed by atoms with Gasteiger partial charge < -0.3 is 11.1 Å². The van der Waals surface area contributed by atoms with Crippen molar-refractivity contribution in [1.29, 1.82) is 0 Å². The number of nitrogens with two attached hydrogens (primary N) is 1. The molecule has 0 unspecified atom stereocenters. The summed E-state index contributed by atoms with van der Waals surface area (Å²) in [6, 6.07) is 8.40. The van der Waals surface area contributed by atoms with Crippen LogP contribution in [0.1, 0.15) is 10.4 Å². The zero-order valence-corrected chi connectivity index (χ0v) is 11.0. The van der Waals surface area contributed by atoms with Gasteiger partial charge >= 0.3 is 0 Å². The van der Waals surface area contributed by atoms with Gasteiger partial charge in [-0.15, -0.1) is 11.8 Å². The molecule has 0 aliphatic heterocycles. The highest BCUT2D eigenvalue weighted by molar-refractivity contribution is 7.98. The number of amides is 1. The first-order chi connectivity index (χ1) is 9.10. The Bertz CT molecular complexity index is 619. The Labute approximate surface area is 114 Å². The van der Waals surface area contributed by atoms with Gasteiger partial charge in [0, 0.05) is 10.6 Å². The molecule has 0 fully saturated rings. The molecule has 98 valence electrons. The number of nitrogen functional groups attached to an aromatic ring is 1. The molecule has 0 bridgehead atoms. The topological polar surface area (TPSA) is 68.0 Å². The predicted molar refractivity (Wildman–Crippen MR) is 74.8 cm³/mol. The summed E-state index contributed by atoms with van der Waals surface area (Å²) in [5.74, 6) is -1.08. The second-order valence-electron chi connectivity index (χ2n) is 3.77. The summed E-state index contributed by atoms with van der Waals surface area (Å²) < 4.78 is 13.1. The number of nitrogens with one attached hydrogen (secondary N) is 1. The van der Waals surface area contributed by atoms with Crippen LogP contribution in [0.4, 0.5) is 15.9 Å². The number of carbonyl (C=O) groups is 1. The van der Waals surface area contributed by atoms with Gasteiger partial charge in [-0.2, -0.15) is 0 Å². The van der Waals surface area contributed by atoms with E-state index < -0.39 is 11.7 Å². The first-order valence-corrected chi connectivity index (χ1v) is 6.69. The zero-order chi connectivity index (χ0) is 13.8. The lowest BCUT2D eigenvalue weighted by atomic mass is 10.2. The van der Waals surface area contributed by atoms with E-state index in [4.69, 9.17) is 5.73 Å². The Morgan fingerprint density at radius 2 is 2.21 bits per heavy atom. The minimum Gasteiger partial charge on any atom is -0.383 e. The fourth-order valence-corrected chi connectivity index (χ4v) is 1.99. The van der Waals surface area contributed by atoms with Gasteiger partial charge in [0.1, 0.15) is 11.6 Å². The molecule has 6 heteroatoms. The van der Waals surface area contributed by atoms with Crippen molar-refractivity contribution in [3.63, 3.8) is 0 Å². The normalized spacial score (nSPS) is 10.2. The number of anilines is 2. The van der Waals surface area contributed by atoms with Crippen LogP contribution in [0.15, 0.2) is 41.4 Å². The summed E-state index contributed by atoms with van der Waals surface area (Å²) in [6.07, 6.45) is 2.91. The molecule has 19 heavy (non-hydrogen) atoms. The molecule has 1 amide bonds. The van der Waals surface area contributed by atoms with Gasteiger partial charge in [0.25, 0.3) is 5.91 Å². The summed E-state index contributed by atoms with van der Waals surface area (Å²) in [5, 5.41) is 2.66. The second kappa shape index (κ2) is 5.71. The van der Waals surface area contributed by atoms with E-state index in [0.717, 1.165) is 17.2 Å². The van der Waals surface area contributed by atoms with E-state index >= 15 is 0 Å². The van der Waals surface area contributed by atoms with Crippen molar-refractivity contribution in [3.05, 3.63) is 47.9 Å². The van der Waals surface area contributed by atoms with Gasteiger partial charge in [-0.3, -0.25) is 4.79 Å². The number of thioether (sulfide) groups is 1. The number of benzene rings is 1. The maximum atomic E-state index is 13.1. The van der Waals surface area contributed by atoms with Crippen molar-refractivity contribution in [2.75, 3.05) is 17.3 Å². The number of nitrogens with zero attached hydrogens (tertiary/aromatic N) is 1. The Morgan fingerprint density at radius 1 is 1.42 bits per heavy atom. The first-order valence-electron chi connectivity index (χ1n) is 5.46. The molecule has 1 aromatic heterocycles. The average Bonchev–Trinajstić information content (AvgIpc) is 2.41. The summed E-state index contributed by atoms with van der Waals surface area (Å²) in [5.41, 5.74) is 6.21. The molecule has 0 aliphatic rings. The van der Waals surface area contributed by atoms with Crippen LogP contribution < -0.4 is 11.1 Å². The van der Waals surface area contributed by atoms with Crippen molar-refractivity contribution in [2.45, 2.75) is 4.90 Å². The molecular formula is C13H12FN3OS. The molecule has 1 aromatic carbocycles. The Kier molecular flexibility index (Phi) is 4.01. The molecule has 0 radical (unpaired) electrons. The summed E-state index contributed by atoms with van der Waals surface area (Å²) in [4.78, 5) is 16.6. The highest BCUT2D eigenvalue weighted by Gasteiger charge is 2.12. The van der Waals surface area contributed by atoms with E-state index in [0.29, 0.717) is 5.69 Å². The van der Waals surface area contributed by atoms with Crippen molar-refractivity contribution >= 4 is 29.2 Å². The monoisotopic (exact) mass is 277 g/mol. The quantitative estimate of drug-likeness (QED) is 0.846. The predicted octanol–water partition coefficient (Wildman–Crippen LogP) is 2.78. The minimum atomic E-state index is -0.600. The van der Waals surface area contributed by atoms with Crippen molar-refractivity contribution in [1.82, 2.24) is 4.98 Å². The first kappa shape index (κ1) is 13.4. The van der Waals surface area contributed by atoms with Crippen molar-refractivity contribution in [2.24, 2.45) is 0 Å². The van der Waals surface area contributed by atoms with Crippen LogP contribution in [0.5, 0.6) is 0 Å². The Hall–Kier alpha value is -2.08. The number of aromatic nitrogens is 1. The molecule has 0 atom stereocenters. The number of carbonyl (C=O) groups excluding carboxylic acids is 1. The number of halogens is 1. The van der Waals surface area contributed by atoms with Crippen LogP contribution in [-0.2, 0) is 0 Å². The molecular weight excluding hydrogens is 265 g/mol. The van der Waals surface area contributed by atoms with Gasteiger partial charge in [0.2, 0.25) is 0 Å². The molecule has 2 rings (SSSR count). The Balaban J connectivity index is 2.23. The van der Waals surface area contributed by atoms with Gasteiger partial charge in [-0.05, 0) is 30.5 Å². The van der Waals surface area contributed by atoms with Crippen LogP contribution in [0, 0.1) is 5.82 Å². The number of hydrogen-bond donors (Lipinski definition) is 2. The van der Waals surface area contributed by atoms with Crippen LogP contribution in [0.2, 0.25) is 0 Å². The summed E-state index contributed by atoms with van der Waals surface area (Å²) >= 11 is 1.56. The molecule has 0 saturated heterocycles. The van der Waals surface area contributed by atoms with Crippen LogP contribution in [-0.4, -0.2) is 17.1 Å². The fourth-order valence-electron chi connectivity index (χ4n) is 1.53. The standard InChI is InChI=1S/C13H12FN3OS/c1-19-10-4-2-3-9(6-10)17-13(18)11-5-8(14)7-16-12(11)15/h2-7H,1H3,(H2,15,16)(H,17,18). The highest BCUT2D eigenvalue weighted by Crippen LogP contribution is 2.20. The lowest BCUT2D eigenvalue weighted by Gasteiger charge is -2.08. The summed E-state index contributed by atoms with van der Waals surface area (Å²) in [7, 11) is 0.